The van der Waals surface area contributed by atoms with Gasteiger partial charge in [0.25, 0.3) is 0 Å². The number of nitrogens with one attached hydrogen (secondary N) is 4. The predicted octanol–water partition coefficient (Wildman–Crippen LogP) is 6.69. The van der Waals surface area contributed by atoms with E-state index >= 15 is 0 Å². The second-order valence-corrected chi connectivity index (χ2v) is 15.6. The van der Waals surface area contributed by atoms with Gasteiger partial charge in [-0.05, 0) is 53.4 Å². The topological polar surface area (TPSA) is 184 Å². The Morgan fingerprint density at radius 1 is 0.729 bits per heavy atom. The number of alkyl halides is 2. The first-order valence-corrected chi connectivity index (χ1v) is 19.8. The normalized spacial score (nSPS) is 19.0. The lowest BCUT2D eigenvalue weighted by Gasteiger charge is -2.30. The smallest absolute Gasteiger partial charge is 0.407 e. The number of rotatable bonds is 14. The molecule has 4 N–H and O–H groups in total. The minimum atomic E-state index is -2.93. The van der Waals surface area contributed by atoms with Gasteiger partial charge < -0.3 is 44.6 Å². The number of alkyl carbamates (subject to hydrolysis) is 2. The van der Waals surface area contributed by atoms with Crippen LogP contribution in [0.1, 0.15) is 70.7 Å². The number of amides is 4. The Morgan fingerprint density at radius 3 is 1.64 bits per heavy atom. The number of halogens is 2. The van der Waals surface area contributed by atoms with Gasteiger partial charge >= 0.3 is 18.8 Å². The van der Waals surface area contributed by atoms with Crippen LogP contribution >= 0.6 is 0 Å². The predicted molar refractivity (Wildman–Crippen MR) is 214 cm³/mol. The van der Waals surface area contributed by atoms with Crippen LogP contribution in [0.4, 0.5) is 18.4 Å². The molecule has 0 bridgehead atoms. The summed E-state index contributed by atoms with van der Waals surface area (Å²) in [4.78, 5) is 70.7. The molecule has 2 aromatic carbocycles. The standard InChI is InChI=1S/C42H52F2N8O7/c1-23(2)34(49-41(55)57-5)38(53)51-17-7-8-32(51)36-45-19-30(47-36)28-13-9-26(10-14-28)27-11-15-29(16-12-27)31-20-46-37(48-31)33-18-25(22-59-40(43)44)21-52(33)39(54)35(24(3)4)50-42(56)58-6/h9-16,19-20,23-25,32-35,40H,7-8,17-18,21-22H2,1-6H3,(H,45,47)(H,46,48)(H,49,55)(H,50,56). The number of imidazole rings is 2. The van der Waals surface area contributed by atoms with E-state index < -0.39 is 36.9 Å². The highest BCUT2D eigenvalue weighted by Gasteiger charge is 2.42. The van der Waals surface area contributed by atoms with Crippen LogP contribution in [0.25, 0.3) is 33.6 Å². The highest BCUT2D eigenvalue weighted by Crippen LogP contribution is 2.37. The van der Waals surface area contributed by atoms with Gasteiger partial charge in [0.15, 0.2) is 0 Å². The molecule has 5 unspecified atom stereocenters. The fourth-order valence-electron chi connectivity index (χ4n) is 7.82. The number of benzene rings is 2. The largest absolute Gasteiger partial charge is 0.453 e. The zero-order valence-electron chi connectivity index (χ0n) is 34.0. The number of carbonyl (C=O) groups excluding carboxylic acids is 4. The number of hydrogen-bond acceptors (Lipinski definition) is 9. The molecule has 4 aromatic rings. The van der Waals surface area contributed by atoms with Gasteiger partial charge in [0.1, 0.15) is 23.7 Å². The van der Waals surface area contributed by atoms with Gasteiger partial charge in [-0.3, -0.25) is 9.59 Å². The maximum atomic E-state index is 13.8. The quantitative estimate of drug-likeness (QED) is 0.108. The molecule has 0 spiro atoms. The molecule has 0 aliphatic carbocycles. The number of likely N-dealkylation sites (tertiary alicyclic amines) is 2. The zero-order valence-corrected chi connectivity index (χ0v) is 34.0. The second-order valence-electron chi connectivity index (χ2n) is 15.6. The summed E-state index contributed by atoms with van der Waals surface area (Å²) < 4.78 is 40.0. The van der Waals surface area contributed by atoms with Crippen molar-refractivity contribution in [3.05, 3.63) is 72.6 Å². The van der Waals surface area contributed by atoms with Crippen LogP contribution in [0.3, 0.4) is 0 Å². The molecular formula is C42H52F2N8O7. The number of hydrogen-bond donors (Lipinski definition) is 4. The lowest BCUT2D eigenvalue weighted by Crippen LogP contribution is -2.51. The molecule has 5 atom stereocenters. The Morgan fingerprint density at radius 2 is 1.19 bits per heavy atom. The van der Waals surface area contributed by atoms with Crippen molar-refractivity contribution >= 4 is 24.0 Å². The summed E-state index contributed by atoms with van der Waals surface area (Å²) >= 11 is 0. The van der Waals surface area contributed by atoms with Crippen molar-refractivity contribution in [2.24, 2.45) is 17.8 Å². The molecule has 2 aliphatic rings. The van der Waals surface area contributed by atoms with Crippen molar-refractivity contribution in [3.63, 3.8) is 0 Å². The molecule has 17 heteroatoms. The SMILES string of the molecule is COC(=O)NC(C(=O)N1CCCC1c1ncc(-c2ccc(-c3ccc(-c4cnc(C5CC(COC(F)F)CN5C(=O)C(NC(=O)OC)C(C)C)[nH]4)cc3)cc2)[nH]1)C(C)C. The van der Waals surface area contributed by atoms with E-state index in [0.29, 0.717) is 30.3 Å². The Balaban J connectivity index is 1.13. The summed E-state index contributed by atoms with van der Waals surface area (Å²) in [7, 11) is 2.49. The van der Waals surface area contributed by atoms with Crippen molar-refractivity contribution in [1.82, 2.24) is 40.4 Å². The number of carbonyl (C=O) groups is 4. The summed E-state index contributed by atoms with van der Waals surface area (Å²) in [5, 5.41) is 5.28. The average molecular weight is 819 g/mol. The van der Waals surface area contributed by atoms with E-state index in [1.54, 1.807) is 36.0 Å². The fourth-order valence-corrected chi connectivity index (χ4v) is 7.82. The highest BCUT2D eigenvalue weighted by atomic mass is 19.3. The zero-order chi connectivity index (χ0) is 42.4. The van der Waals surface area contributed by atoms with E-state index in [2.05, 4.69) is 35.3 Å². The third-order valence-corrected chi connectivity index (χ3v) is 11.0. The van der Waals surface area contributed by atoms with Crippen LogP contribution in [-0.2, 0) is 23.8 Å². The van der Waals surface area contributed by atoms with Crippen molar-refractivity contribution in [2.75, 3.05) is 33.9 Å². The minimum Gasteiger partial charge on any atom is -0.453 e. The summed E-state index contributed by atoms with van der Waals surface area (Å²) in [5.41, 5.74) is 5.30. The van der Waals surface area contributed by atoms with Crippen molar-refractivity contribution in [3.8, 4) is 33.6 Å². The van der Waals surface area contributed by atoms with E-state index in [1.165, 1.54) is 14.2 Å². The number of ether oxygens (including phenoxy) is 3. The highest BCUT2D eigenvalue weighted by molar-refractivity contribution is 5.87. The van der Waals surface area contributed by atoms with Gasteiger partial charge in [-0.25, -0.2) is 19.6 Å². The first-order valence-electron chi connectivity index (χ1n) is 19.8. The van der Waals surface area contributed by atoms with Crippen LogP contribution < -0.4 is 10.6 Å². The van der Waals surface area contributed by atoms with E-state index in [4.69, 9.17) is 9.47 Å². The maximum absolute atomic E-state index is 13.8. The Kier molecular flexibility index (Phi) is 13.6. The Hall–Kier alpha value is -5.84. The third-order valence-electron chi connectivity index (χ3n) is 11.0. The molecule has 2 aliphatic heterocycles. The fraction of sp³-hybridized carbons (Fsp3) is 0.476. The van der Waals surface area contributed by atoms with E-state index in [9.17, 15) is 28.0 Å². The molecule has 316 valence electrons. The van der Waals surface area contributed by atoms with Crippen molar-refractivity contribution in [2.45, 2.75) is 77.7 Å². The van der Waals surface area contributed by atoms with E-state index in [-0.39, 0.29) is 48.8 Å². The van der Waals surface area contributed by atoms with E-state index in [0.717, 1.165) is 40.8 Å². The second kappa shape index (κ2) is 18.8. The molecule has 6 rings (SSSR count). The molecule has 2 saturated heterocycles. The van der Waals surface area contributed by atoms with Crippen LogP contribution in [0, 0.1) is 17.8 Å². The summed E-state index contributed by atoms with van der Waals surface area (Å²) in [6, 6.07) is 13.6. The van der Waals surface area contributed by atoms with E-state index in [1.807, 2.05) is 62.4 Å². The van der Waals surface area contributed by atoms with Crippen LogP contribution in [-0.4, -0.2) is 106 Å². The number of nitrogens with zero attached hydrogens (tertiary/aromatic N) is 4. The van der Waals surface area contributed by atoms with Gasteiger partial charge in [0, 0.05) is 19.0 Å². The average Bonchev–Trinajstić information content (AvgIpc) is 4.07. The summed E-state index contributed by atoms with van der Waals surface area (Å²) in [6.07, 6.45) is 3.98. The molecule has 4 heterocycles. The molecule has 4 amide bonds. The minimum absolute atomic E-state index is 0.128. The van der Waals surface area contributed by atoms with Gasteiger partial charge in [0.2, 0.25) is 11.8 Å². The van der Waals surface area contributed by atoms with Gasteiger partial charge in [0.05, 0.1) is 56.7 Å². The lowest BCUT2D eigenvalue weighted by atomic mass is 10.0. The molecule has 0 saturated carbocycles. The Labute approximate surface area is 341 Å². The van der Waals surface area contributed by atoms with Gasteiger partial charge in [-0.2, -0.15) is 8.78 Å². The summed E-state index contributed by atoms with van der Waals surface area (Å²) in [5.74, 6) is -0.108. The molecule has 2 aromatic heterocycles. The number of aromatic nitrogens is 4. The van der Waals surface area contributed by atoms with Gasteiger partial charge in [-0.1, -0.05) is 76.2 Å². The van der Waals surface area contributed by atoms with Crippen LogP contribution in [0.15, 0.2) is 60.9 Å². The number of methoxy groups -OCH3 is 2. The van der Waals surface area contributed by atoms with Crippen LogP contribution in [0.5, 0.6) is 0 Å². The third kappa shape index (κ3) is 9.90. The number of H-pyrrole nitrogens is 2. The molecule has 15 nitrogen and oxygen atoms in total. The first-order chi connectivity index (χ1) is 28.3. The first kappa shape index (κ1) is 42.8. The molecule has 0 radical (unpaired) electrons. The monoisotopic (exact) mass is 818 g/mol. The lowest BCUT2D eigenvalue weighted by molar-refractivity contribution is -0.139. The van der Waals surface area contributed by atoms with Crippen molar-refractivity contribution in [1.29, 1.82) is 0 Å². The molecular weight excluding hydrogens is 767 g/mol. The Bertz CT molecular complexity index is 2070. The maximum Gasteiger partial charge on any atom is 0.407 e. The molecule has 2 fully saturated rings. The molecule has 59 heavy (non-hydrogen) atoms. The number of aromatic amines is 2. The van der Waals surface area contributed by atoms with Gasteiger partial charge in [-0.15, -0.1) is 0 Å². The van der Waals surface area contributed by atoms with Crippen molar-refractivity contribution < 1.29 is 42.2 Å². The van der Waals surface area contributed by atoms with Crippen LogP contribution in [0.2, 0.25) is 0 Å². The summed E-state index contributed by atoms with van der Waals surface area (Å²) in [6.45, 7) is 4.93.